The van der Waals surface area contributed by atoms with Gasteiger partial charge < -0.3 is 15.4 Å². The smallest absolute Gasteiger partial charge is 0.224 e. The number of carbonyl (C=O) groups is 1. The van der Waals surface area contributed by atoms with Gasteiger partial charge in [0.2, 0.25) is 5.91 Å². The summed E-state index contributed by atoms with van der Waals surface area (Å²) >= 11 is 0. The molecule has 13 heavy (non-hydrogen) atoms. The lowest BCUT2D eigenvalue weighted by Crippen LogP contribution is -2.43. The first kappa shape index (κ1) is 10.5. The van der Waals surface area contributed by atoms with Crippen molar-refractivity contribution in [2.24, 2.45) is 5.73 Å². The predicted octanol–water partition coefficient (Wildman–Crippen LogP) is -0.0274. The Labute approximate surface area is 79.0 Å². The minimum absolute atomic E-state index is 0.189. The fourth-order valence-corrected chi connectivity index (χ4v) is 1.50. The van der Waals surface area contributed by atoms with Crippen molar-refractivity contribution in [3.05, 3.63) is 0 Å². The highest BCUT2D eigenvalue weighted by molar-refractivity contribution is 5.76. The molecule has 0 aromatic rings. The number of hydrogen-bond donors (Lipinski definition) is 1. The highest BCUT2D eigenvalue weighted by atomic mass is 16.5. The van der Waals surface area contributed by atoms with Crippen LogP contribution >= 0.6 is 0 Å². The maximum absolute atomic E-state index is 11.5. The molecule has 1 saturated heterocycles. The Balaban J connectivity index is 2.23. The maximum Gasteiger partial charge on any atom is 0.224 e. The topological polar surface area (TPSA) is 55.6 Å². The molecule has 1 aliphatic rings. The normalized spacial score (nSPS) is 19.1. The van der Waals surface area contributed by atoms with Gasteiger partial charge in [0.25, 0.3) is 0 Å². The number of hydrogen-bond acceptors (Lipinski definition) is 3. The van der Waals surface area contributed by atoms with Crippen LogP contribution in [0.15, 0.2) is 0 Å². The van der Waals surface area contributed by atoms with E-state index in [1.165, 1.54) is 0 Å². The average Bonchev–Trinajstić information content (AvgIpc) is 2.15. The number of rotatable bonds is 3. The first-order valence-corrected chi connectivity index (χ1v) is 4.76. The van der Waals surface area contributed by atoms with Crippen molar-refractivity contribution in [1.29, 1.82) is 0 Å². The highest BCUT2D eigenvalue weighted by Crippen LogP contribution is 2.09. The van der Waals surface area contributed by atoms with Gasteiger partial charge in [0.15, 0.2) is 0 Å². The highest BCUT2D eigenvalue weighted by Gasteiger charge is 2.19. The van der Waals surface area contributed by atoms with E-state index in [1.54, 1.807) is 7.11 Å². The van der Waals surface area contributed by atoms with E-state index in [1.807, 2.05) is 4.90 Å². The quantitative estimate of drug-likeness (QED) is 0.673. The van der Waals surface area contributed by atoms with Gasteiger partial charge in [-0.15, -0.1) is 0 Å². The number of piperidine rings is 1. The minimum atomic E-state index is 0.189. The predicted molar refractivity (Wildman–Crippen MR) is 50.3 cm³/mol. The Morgan fingerprint density at radius 1 is 1.54 bits per heavy atom. The Kier molecular flexibility index (Phi) is 4.18. The fraction of sp³-hybridized carbons (Fsp3) is 0.889. The summed E-state index contributed by atoms with van der Waals surface area (Å²) in [5.74, 6) is 0.189. The fourth-order valence-electron chi connectivity index (χ4n) is 1.50. The monoisotopic (exact) mass is 186 g/mol. The van der Waals surface area contributed by atoms with E-state index < -0.39 is 0 Å². The van der Waals surface area contributed by atoms with Crippen molar-refractivity contribution in [3.8, 4) is 0 Å². The maximum atomic E-state index is 11.5. The van der Waals surface area contributed by atoms with Crippen LogP contribution in [-0.4, -0.2) is 43.7 Å². The molecule has 0 saturated carbocycles. The van der Waals surface area contributed by atoms with E-state index >= 15 is 0 Å². The number of likely N-dealkylation sites (tertiary alicyclic amines) is 1. The van der Waals surface area contributed by atoms with Crippen molar-refractivity contribution in [1.82, 2.24) is 4.90 Å². The summed E-state index contributed by atoms with van der Waals surface area (Å²) in [4.78, 5) is 13.3. The Morgan fingerprint density at radius 2 is 2.15 bits per heavy atom. The van der Waals surface area contributed by atoms with Crippen molar-refractivity contribution in [2.45, 2.75) is 25.3 Å². The van der Waals surface area contributed by atoms with Crippen molar-refractivity contribution < 1.29 is 9.53 Å². The van der Waals surface area contributed by atoms with Crippen LogP contribution < -0.4 is 5.73 Å². The van der Waals surface area contributed by atoms with Gasteiger partial charge in [-0.1, -0.05) is 0 Å². The summed E-state index contributed by atoms with van der Waals surface area (Å²) in [7, 11) is 1.61. The molecule has 1 fully saturated rings. The van der Waals surface area contributed by atoms with Gasteiger partial charge >= 0.3 is 0 Å². The van der Waals surface area contributed by atoms with E-state index in [9.17, 15) is 4.79 Å². The van der Waals surface area contributed by atoms with Gasteiger partial charge in [0, 0.05) is 26.2 Å². The summed E-state index contributed by atoms with van der Waals surface area (Å²) in [6.45, 7) is 2.13. The lowest BCUT2D eigenvalue weighted by atomic mass is 10.1. The largest absolute Gasteiger partial charge is 0.384 e. The second kappa shape index (κ2) is 5.19. The Hall–Kier alpha value is -0.610. The third-order valence-electron chi connectivity index (χ3n) is 2.41. The summed E-state index contributed by atoms with van der Waals surface area (Å²) < 4.78 is 4.85. The van der Waals surface area contributed by atoms with E-state index in [4.69, 9.17) is 10.5 Å². The van der Waals surface area contributed by atoms with Crippen LogP contribution in [0.1, 0.15) is 19.3 Å². The van der Waals surface area contributed by atoms with Gasteiger partial charge in [-0.2, -0.15) is 0 Å². The Bertz CT molecular complexity index is 165. The third kappa shape index (κ3) is 3.32. The summed E-state index contributed by atoms with van der Waals surface area (Å²) in [5, 5.41) is 0. The van der Waals surface area contributed by atoms with Crippen molar-refractivity contribution in [3.63, 3.8) is 0 Å². The van der Waals surface area contributed by atoms with Crippen LogP contribution in [0.4, 0.5) is 0 Å². The van der Waals surface area contributed by atoms with E-state index in [0.29, 0.717) is 13.0 Å². The van der Waals surface area contributed by atoms with E-state index in [2.05, 4.69) is 0 Å². The molecule has 1 heterocycles. The van der Waals surface area contributed by atoms with Gasteiger partial charge in [-0.3, -0.25) is 4.79 Å². The molecule has 0 aliphatic carbocycles. The number of carbonyl (C=O) groups excluding carboxylic acids is 1. The number of nitrogens with two attached hydrogens (primary N) is 1. The number of ether oxygens (including phenoxy) is 1. The van der Waals surface area contributed by atoms with Crippen LogP contribution in [-0.2, 0) is 9.53 Å². The molecule has 0 atom stereocenters. The zero-order chi connectivity index (χ0) is 9.68. The second-order valence-electron chi connectivity index (χ2n) is 3.46. The minimum Gasteiger partial charge on any atom is -0.384 e. The molecule has 1 amide bonds. The molecule has 0 unspecified atom stereocenters. The lowest BCUT2D eigenvalue weighted by Gasteiger charge is -2.30. The molecule has 76 valence electrons. The molecule has 1 rings (SSSR count). The molecular formula is C9H18N2O2. The summed E-state index contributed by atoms with van der Waals surface area (Å²) in [6.07, 6.45) is 2.35. The first-order chi connectivity index (χ1) is 6.24. The summed E-state index contributed by atoms with van der Waals surface area (Å²) in [5.41, 5.74) is 5.73. The van der Waals surface area contributed by atoms with Gasteiger partial charge in [0.05, 0.1) is 13.0 Å². The van der Waals surface area contributed by atoms with Crippen LogP contribution in [0.5, 0.6) is 0 Å². The van der Waals surface area contributed by atoms with E-state index in [-0.39, 0.29) is 11.9 Å². The lowest BCUT2D eigenvalue weighted by molar-refractivity contribution is -0.133. The van der Waals surface area contributed by atoms with E-state index in [0.717, 1.165) is 25.9 Å². The average molecular weight is 186 g/mol. The van der Waals surface area contributed by atoms with Crippen LogP contribution in [0.2, 0.25) is 0 Å². The zero-order valence-electron chi connectivity index (χ0n) is 8.16. The molecule has 1 aliphatic heterocycles. The zero-order valence-corrected chi connectivity index (χ0v) is 8.16. The number of amides is 1. The second-order valence-corrected chi connectivity index (χ2v) is 3.46. The van der Waals surface area contributed by atoms with Gasteiger partial charge in [-0.25, -0.2) is 0 Å². The Morgan fingerprint density at radius 3 is 2.69 bits per heavy atom. The van der Waals surface area contributed by atoms with Crippen LogP contribution in [0, 0.1) is 0 Å². The summed E-state index contributed by atoms with van der Waals surface area (Å²) in [6, 6.07) is 0.284. The standard InChI is InChI=1S/C9H18N2O2/c1-13-7-4-9(12)11-5-2-8(10)3-6-11/h8H,2-7,10H2,1H3. The molecule has 0 bridgehead atoms. The molecule has 0 spiro atoms. The molecule has 0 radical (unpaired) electrons. The first-order valence-electron chi connectivity index (χ1n) is 4.76. The molecular weight excluding hydrogens is 168 g/mol. The molecule has 0 aromatic carbocycles. The third-order valence-corrected chi connectivity index (χ3v) is 2.41. The van der Waals surface area contributed by atoms with Crippen LogP contribution in [0.3, 0.4) is 0 Å². The molecule has 2 N–H and O–H groups in total. The van der Waals surface area contributed by atoms with Gasteiger partial charge in [0.1, 0.15) is 0 Å². The number of nitrogens with zero attached hydrogens (tertiary/aromatic N) is 1. The molecule has 0 aromatic heterocycles. The van der Waals surface area contributed by atoms with Crippen molar-refractivity contribution >= 4 is 5.91 Å². The molecule has 4 heteroatoms. The number of methoxy groups -OCH3 is 1. The SMILES string of the molecule is COCCC(=O)N1CCC(N)CC1. The van der Waals surface area contributed by atoms with Crippen LogP contribution in [0.25, 0.3) is 0 Å². The van der Waals surface area contributed by atoms with Crippen molar-refractivity contribution in [2.75, 3.05) is 26.8 Å². The van der Waals surface area contributed by atoms with Gasteiger partial charge in [-0.05, 0) is 12.8 Å². The molecule has 4 nitrogen and oxygen atoms in total.